The van der Waals surface area contributed by atoms with Gasteiger partial charge in [0.25, 0.3) is 5.56 Å². The number of benzene rings is 2. The molecule has 6 nitrogen and oxygen atoms in total. The minimum absolute atomic E-state index is 0.0585. The summed E-state index contributed by atoms with van der Waals surface area (Å²) in [5, 5.41) is 13.7. The van der Waals surface area contributed by atoms with Crippen molar-refractivity contribution in [2.75, 3.05) is 6.61 Å². The highest BCUT2D eigenvalue weighted by atomic mass is 79.9. The minimum Gasteiger partial charge on any atom is -0.476 e. The van der Waals surface area contributed by atoms with Gasteiger partial charge in [-0.3, -0.25) is 4.79 Å². The van der Waals surface area contributed by atoms with E-state index < -0.39 is 0 Å². The topological polar surface area (TPSA) is 80.3 Å². The standard InChI is InChI=1S/C21H17Br3N4O2/c1-3-12(2)20-27-18-5-4-14(22)10-15(18)21(29)28(20)26-11-13-8-16(23)19(17(24)9-13)30-7-6-25/h4-5,8-12H,3,7H2,1-2H3/t12-/m1/s1. The number of hydrogen-bond donors (Lipinski definition) is 0. The monoisotopic (exact) mass is 594 g/mol. The maximum atomic E-state index is 13.2. The van der Waals surface area contributed by atoms with Gasteiger partial charge in [0, 0.05) is 10.4 Å². The van der Waals surface area contributed by atoms with Gasteiger partial charge in [-0.25, -0.2) is 4.98 Å². The summed E-state index contributed by atoms with van der Waals surface area (Å²) < 4.78 is 8.92. The van der Waals surface area contributed by atoms with Crippen molar-refractivity contribution >= 4 is 64.9 Å². The molecule has 2 aromatic carbocycles. The summed E-state index contributed by atoms with van der Waals surface area (Å²) in [5.74, 6) is 1.20. The molecule has 30 heavy (non-hydrogen) atoms. The summed E-state index contributed by atoms with van der Waals surface area (Å²) in [4.78, 5) is 17.9. The Hall–Kier alpha value is -2.02. The molecule has 1 atom stereocenters. The van der Waals surface area contributed by atoms with Gasteiger partial charge < -0.3 is 4.74 Å². The summed E-state index contributed by atoms with van der Waals surface area (Å²) in [6.07, 6.45) is 2.42. The normalized spacial score (nSPS) is 12.3. The Morgan fingerprint density at radius 3 is 2.60 bits per heavy atom. The molecule has 0 unspecified atom stereocenters. The molecule has 0 N–H and O–H groups in total. The first-order chi connectivity index (χ1) is 14.3. The predicted octanol–water partition coefficient (Wildman–Crippen LogP) is 5.98. The van der Waals surface area contributed by atoms with E-state index in [1.165, 1.54) is 4.68 Å². The molecule has 3 aromatic rings. The molecule has 9 heteroatoms. The van der Waals surface area contributed by atoms with Gasteiger partial charge in [0.2, 0.25) is 0 Å². The van der Waals surface area contributed by atoms with E-state index in [0.29, 0.717) is 31.4 Å². The summed E-state index contributed by atoms with van der Waals surface area (Å²) >= 11 is 10.3. The first-order valence-electron chi connectivity index (χ1n) is 9.11. The third-order valence-electron chi connectivity index (χ3n) is 4.51. The molecule has 3 rings (SSSR count). The summed E-state index contributed by atoms with van der Waals surface area (Å²) in [6.45, 7) is 4.01. The van der Waals surface area contributed by atoms with Gasteiger partial charge in [-0.2, -0.15) is 15.0 Å². The van der Waals surface area contributed by atoms with Crippen LogP contribution in [0.2, 0.25) is 0 Å². The van der Waals surface area contributed by atoms with Crippen LogP contribution in [0.15, 0.2) is 53.6 Å². The van der Waals surface area contributed by atoms with Crippen LogP contribution in [0.3, 0.4) is 0 Å². The van der Waals surface area contributed by atoms with Gasteiger partial charge in [-0.05, 0) is 74.2 Å². The number of hydrogen-bond acceptors (Lipinski definition) is 5. The average molecular weight is 597 g/mol. The van der Waals surface area contributed by atoms with Crippen LogP contribution >= 0.6 is 47.8 Å². The van der Waals surface area contributed by atoms with Gasteiger partial charge in [-0.1, -0.05) is 29.8 Å². The van der Waals surface area contributed by atoms with Crippen molar-refractivity contribution in [3.05, 3.63) is 65.5 Å². The van der Waals surface area contributed by atoms with Crippen LogP contribution in [0, 0.1) is 11.3 Å². The van der Waals surface area contributed by atoms with E-state index >= 15 is 0 Å². The SMILES string of the molecule is CC[C@@H](C)c1nc2ccc(Br)cc2c(=O)n1N=Cc1cc(Br)c(OCC#N)c(Br)c1. The maximum Gasteiger partial charge on any atom is 0.282 e. The lowest BCUT2D eigenvalue weighted by atomic mass is 10.1. The molecule has 0 aliphatic rings. The molecular formula is C21H17Br3N4O2. The second-order valence-electron chi connectivity index (χ2n) is 6.56. The Morgan fingerprint density at radius 2 is 1.97 bits per heavy atom. The quantitative estimate of drug-likeness (QED) is 0.328. The lowest BCUT2D eigenvalue weighted by Gasteiger charge is -2.14. The molecule has 1 aromatic heterocycles. The Morgan fingerprint density at radius 1 is 1.27 bits per heavy atom. The molecule has 1 heterocycles. The largest absolute Gasteiger partial charge is 0.476 e. The van der Waals surface area contributed by atoms with Crippen molar-refractivity contribution in [2.24, 2.45) is 5.10 Å². The van der Waals surface area contributed by atoms with Crippen LogP contribution in [-0.2, 0) is 0 Å². The molecule has 0 spiro atoms. The van der Waals surface area contributed by atoms with Crippen molar-refractivity contribution in [1.82, 2.24) is 9.66 Å². The molecule has 0 fully saturated rings. The molecule has 0 aliphatic carbocycles. The summed E-state index contributed by atoms with van der Waals surface area (Å²) in [6, 6.07) is 11.0. The van der Waals surface area contributed by atoms with Crippen molar-refractivity contribution in [3.8, 4) is 11.8 Å². The fourth-order valence-electron chi connectivity index (χ4n) is 2.80. The van der Waals surface area contributed by atoms with E-state index in [4.69, 9.17) is 15.0 Å². The van der Waals surface area contributed by atoms with Gasteiger partial charge in [-0.15, -0.1) is 0 Å². The first kappa shape index (κ1) is 22.7. The molecule has 0 saturated carbocycles. The van der Waals surface area contributed by atoms with E-state index in [-0.39, 0.29) is 18.1 Å². The second kappa shape index (κ2) is 9.86. The van der Waals surface area contributed by atoms with E-state index in [2.05, 4.69) is 52.9 Å². The van der Waals surface area contributed by atoms with Crippen molar-refractivity contribution < 1.29 is 4.74 Å². The number of fused-ring (bicyclic) bond motifs is 1. The lowest BCUT2D eigenvalue weighted by molar-refractivity contribution is 0.363. The Bertz CT molecular complexity index is 1210. The highest BCUT2D eigenvalue weighted by Crippen LogP contribution is 2.34. The third kappa shape index (κ3) is 4.82. The molecule has 0 saturated heterocycles. The highest BCUT2D eigenvalue weighted by Gasteiger charge is 2.16. The predicted molar refractivity (Wildman–Crippen MR) is 128 cm³/mol. The van der Waals surface area contributed by atoms with Gasteiger partial charge in [0.1, 0.15) is 17.6 Å². The minimum atomic E-state index is -0.222. The summed E-state index contributed by atoms with van der Waals surface area (Å²) in [5.41, 5.74) is 1.17. The van der Waals surface area contributed by atoms with Crippen LogP contribution in [0.5, 0.6) is 5.75 Å². The fourth-order valence-corrected chi connectivity index (χ4v) is 4.61. The summed E-state index contributed by atoms with van der Waals surface area (Å²) in [7, 11) is 0. The second-order valence-corrected chi connectivity index (χ2v) is 9.19. The number of nitrogens with zero attached hydrogens (tertiary/aromatic N) is 4. The Balaban J connectivity index is 2.10. The van der Waals surface area contributed by atoms with E-state index in [0.717, 1.165) is 16.5 Å². The molecular weight excluding hydrogens is 580 g/mol. The smallest absolute Gasteiger partial charge is 0.282 e. The number of ether oxygens (including phenoxy) is 1. The Labute approximate surface area is 199 Å². The van der Waals surface area contributed by atoms with Crippen molar-refractivity contribution in [2.45, 2.75) is 26.2 Å². The van der Waals surface area contributed by atoms with Crippen LogP contribution < -0.4 is 10.3 Å². The fraction of sp³-hybridized carbons (Fsp3) is 0.238. The Kier molecular flexibility index (Phi) is 7.45. The molecule has 154 valence electrons. The van der Waals surface area contributed by atoms with Crippen LogP contribution in [0.1, 0.15) is 37.6 Å². The molecule has 0 radical (unpaired) electrons. The van der Waals surface area contributed by atoms with E-state index in [9.17, 15) is 4.79 Å². The maximum absolute atomic E-state index is 13.2. The van der Waals surface area contributed by atoms with E-state index in [1.807, 2.05) is 32.0 Å². The molecule has 0 aliphatic heterocycles. The van der Waals surface area contributed by atoms with Crippen LogP contribution in [0.25, 0.3) is 10.9 Å². The lowest BCUT2D eigenvalue weighted by Crippen LogP contribution is -2.23. The zero-order valence-corrected chi connectivity index (χ0v) is 21.0. The van der Waals surface area contributed by atoms with Gasteiger partial charge in [0.05, 0.1) is 26.1 Å². The first-order valence-corrected chi connectivity index (χ1v) is 11.5. The third-order valence-corrected chi connectivity index (χ3v) is 6.18. The van der Waals surface area contributed by atoms with E-state index in [1.54, 1.807) is 24.4 Å². The number of aromatic nitrogens is 2. The number of rotatable bonds is 6. The number of halogens is 3. The zero-order chi connectivity index (χ0) is 21.8. The zero-order valence-electron chi connectivity index (χ0n) is 16.2. The molecule has 0 bridgehead atoms. The highest BCUT2D eigenvalue weighted by molar-refractivity contribution is 9.11. The van der Waals surface area contributed by atoms with Gasteiger partial charge in [0.15, 0.2) is 6.61 Å². The number of nitriles is 1. The van der Waals surface area contributed by atoms with Crippen LogP contribution in [-0.4, -0.2) is 22.5 Å². The molecule has 0 amide bonds. The average Bonchev–Trinajstić information content (AvgIpc) is 2.72. The van der Waals surface area contributed by atoms with Crippen molar-refractivity contribution in [1.29, 1.82) is 5.26 Å². The van der Waals surface area contributed by atoms with Gasteiger partial charge >= 0.3 is 0 Å². The van der Waals surface area contributed by atoms with Crippen LogP contribution in [0.4, 0.5) is 0 Å². The van der Waals surface area contributed by atoms with Crippen molar-refractivity contribution in [3.63, 3.8) is 0 Å².